The van der Waals surface area contributed by atoms with Gasteiger partial charge < -0.3 is 93.9 Å². The summed E-state index contributed by atoms with van der Waals surface area (Å²) in [5, 5.41) is 13.8. The molecule has 2 aliphatic heterocycles. The first-order valence-corrected chi connectivity index (χ1v) is 40.7. The van der Waals surface area contributed by atoms with Gasteiger partial charge in [-0.1, -0.05) is 90.4 Å². The monoisotopic (exact) mass is 1650 g/mol. The summed E-state index contributed by atoms with van der Waals surface area (Å²) in [6.07, 6.45) is -1.16. The lowest BCUT2D eigenvalue weighted by Crippen LogP contribution is -2.45. The highest BCUT2D eigenvalue weighted by Crippen LogP contribution is 2.51. The van der Waals surface area contributed by atoms with Crippen molar-refractivity contribution in [2.45, 2.75) is 64.0 Å². The summed E-state index contributed by atoms with van der Waals surface area (Å²) in [7, 11) is -0.982. The first-order chi connectivity index (χ1) is 52.4. The van der Waals surface area contributed by atoms with Crippen molar-refractivity contribution < 1.29 is 95.0 Å². The number of rotatable bonds is 45. The van der Waals surface area contributed by atoms with Crippen LogP contribution >= 0.6 is 58.1 Å². The van der Waals surface area contributed by atoms with Gasteiger partial charge in [0.1, 0.15) is 18.1 Å². The fourth-order valence-corrected chi connectivity index (χ4v) is 14.4. The molecule has 5 aromatic carbocycles. The summed E-state index contributed by atoms with van der Waals surface area (Å²) in [6, 6.07) is 25.9. The van der Waals surface area contributed by atoms with Crippen LogP contribution in [0.3, 0.4) is 0 Å². The zero-order valence-electron chi connectivity index (χ0n) is 61.6. The molecule has 5 atom stereocenters. The summed E-state index contributed by atoms with van der Waals surface area (Å²) in [5.74, 6) is -3.23. The summed E-state index contributed by atoms with van der Waals surface area (Å²) in [6.45, 7) is 9.68. The van der Waals surface area contributed by atoms with Gasteiger partial charge in [-0.15, -0.1) is 34.5 Å². The van der Waals surface area contributed by atoms with Gasteiger partial charge in [0, 0.05) is 131 Å². The van der Waals surface area contributed by atoms with Crippen molar-refractivity contribution in [3.05, 3.63) is 124 Å². The van der Waals surface area contributed by atoms with E-state index in [4.69, 9.17) is 71.4 Å². The van der Waals surface area contributed by atoms with Gasteiger partial charge in [0.05, 0.1) is 112 Å². The molecular formula is C75H95BrCl2N9O20PS. The van der Waals surface area contributed by atoms with E-state index >= 15 is 0 Å². The van der Waals surface area contributed by atoms with Crippen molar-refractivity contribution in [1.82, 2.24) is 25.8 Å². The zero-order valence-corrected chi connectivity index (χ0v) is 66.4. The van der Waals surface area contributed by atoms with E-state index in [9.17, 15) is 52.6 Å². The van der Waals surface area contributed by atoms with E-state index in [1.165, 1.54) is 23.9 Å². The van der Waals surface area contributed by atoms with Gasteiger partial charge in [0.15, 0.2) is 5.78 Å². The molecule has 0 saturated carbocycles. The number of urea groups is 1. The predicted octanol–water partition coefficient (Wildman–Crippen LogP) is 10.0. The molecule has 0 aliphatic carbocycles. The largest absolute Gasteiger partial charge is 0.445 e. The fraction of sp³-hybridized carbons (Fsp3) is 0.480. The van der Waals surface area contributed by atoms with Gasteiger partial charge in [-0.05, 0) is 70.5 Å². The number of anilines is 3. The average Bonchev–Trinajstić information content (AvgIpc) is 1.62. The topological polar surface area (TPSA) is 361 Å². The van der Waals surface area contributed by atoms with Crippen LogP contribution < -0.4 is 46.1 Å². The standard InChI is InChI=1S/C75H95BrCl2N9O20PS/c1-48(2)69(83-65(89)22-27-99-29-31-101-33-35-103-37-38-104-36-34-102-32-30-100-28-24-80-66(90)42-76)60(88)39-50(11-10-23-81-73(79)94)70(91)82-53-18-16-49(17-19-53)47-105-74(95)84(3)25-26-85(4)75(96)106-61-40-58-67(56-14-8-6-12-54(56)61)51(43-77)45-86(58)71(92)63-20-21-64(109-63)72(93)87-46-52(44-78)68-57-15-9-7-13-55(57)62(41-59(68)87)107-108(5,97)98/h6-9,12-21,40-41,48,50-52,69H,10-11,22-39,42-47H2,1-5H3,(H,80,90)(H,82,91)(H,83,89)(H,97,98)(H3,79,81,94)/t50-,51-,52-,69+/m1/s1. The maximum atomic E-state index is 14.7. The Morgan fingerprint density at radius 3 is 1.62 bits per heavy atom. The molecule has 0 saturated heterocycles. The van der Waals surface area contributed by atoms with Gasteiger partial charge in [-0.25, -0.2) is 18.9 Å². The number of ketones is 1. The third-order valence-corrected chi connectivity index (χ3v) is 20.6. The lowest BCUT2D eigenvalue weighted by molar-refractivity contribution is -0.131. The Balaban J connectivity index is 0.764. The van der Waals surface area contributed by atoms with Crippen molar-refractivity contribution >= 4 is 150 Å². The lowest BCUT2D eigenvalue weighted by atomic mass is 9.89. The molecule has 34 heteroatoms. The van der Waals surface area contributed by atoms with Crippen LogP contribution in [0.2, 0.25) is 0 Å². The minimum Gasteiger partial charge on any atom is -0.445 e. The highest BCUT2D eigenvalue weighted by atomic mass is 79.9. The number of benzene rings is 5. The third-order valence-electron chi connectivity index (χ3n) is 17.8. The lowest BCUT2D eigenvalue weighted by Gasteiger charge is -2.24. The zero-order chi connectivity index (χ0) is 78.6. The Labute approximate surface area is 655 Å². The van der Waals surface area contributed by atoms with Crippen molar-refractivity contribution in [1.29, 1.82) is 0 Å². The van der Waals surface area contributed by atoms with Gasteiger partial charge in [0.25, 0.3) is 11.8 Å². The molecule has 9 amide bonds. The molecule has 109 heavy (non-hydrogen) atoms. The molecule has 592 valence electrons. The van der Waals surface area contributed by atoms with Crippen LogP contribution in [0.5, 0.6) is 11.5 Å². The highest BCUT2D eigenvalue weighted by Gasteiger charge is 2.39. The number of carbonyl (C=O) groups excluding carboxylic acids is 9. The molecule has 1 aromatic heterocycles. The Hall–Kier alpha value is -8.04. The molecule has 2 aliphatic rings. The number of amides is 9. The van der Waals surface area contributed by atoms with Crippen LogP contribution in [0.25, 0.3) is 21.5 Å². The number of carbonyl (C=O) groups is 9. The molecule has 1 unspecified atom stereocenters. The number of hydrogen-bond donors (Lipinski definition) is 6. The number of thiophene rings is 1. The van der Waals surface area contributed by atoms with E-state index in [1.807, 2.05) is 24.3 Å². The molecule has 7 N–H and O–H groups in total. The number of nitrogens with zero attached hydrogens (tertiary/aromatic N) is 4. The van der Waals surface area contributed by atoms with E-state index in [0.29, 0.717) is 106 Å². The number of fused-ring (bicyclic) bond motifs is 6. The Kier molecular flexibility index (Phi) is 34.6. The smallest absolute Gasteiger partial charge is 0.415 e. The molecule has 0 fully saturated rings. The summed E-state index contributed by atoms with van der Waals surface area (Å²) >= 11 is 17.2. The summed E-state index contributed by atoms with van der Waals surface area (Å²) < 4.78 is 62.7. The Morgan fingerprint density at radius 1 is 0.642 bits per heavy atom. The normalized spacial score (nSPS) is 14.8. The minimum atomic E-state index is -4.01. The average molecular weight is 1660 g/mol. The first-order valence-electron chi connectivity index (χ1n) is 35.7. The highest BCUT2D eigenvalue weighted by molar-refractivity contribution is 9.09. The SMILES string of the molecule is CC(C)[C@H](NC(=O)CCOCCOCCOCCOCCOCCOCCNC(=O)CBr)C(=O)C[C@@H](CCCNC(N)=O)C(=O)Nc1ccc(COC(=O)N(C)CCN(C)C(=O)Oc2cc3c(c4ccccc24)[C@H](CCl)CN3C(=O)c2ccc(C(=O)N3C[C@@H](CCl)c4c3cc(OP(C)(=O)O)c3ccccc43)s2)cc1. The maximum absolute atomic E-state index is 14.7. The number of Topliss-reactive ketones (excluding diaryl/α,β-unsaturated/α-hetero) is 1. The number of likely N-dealkylation sites (N-methyl/N-ethyl adjacent to an activating group) is 2. The van der Waals surface area contributed by atoms with Crippen LogP contribution in [0.1, 0.15) is 87.4 Å². The number of primary amides is 1. The van der Waals surface area contributed by atoms with E-state index in [-0.39, 0.29) is 146 Å². The second-order valence-electron chi connectivity index (χ2n) is 26.2. The fourth-order valence-electron chi connectivity index (χ4n) is 12.3. The molecule has 0 bridgehead atoms. The molecule has 0 spiro atoms. The third kappa shape index (κ3) is 25.8. The minimum absolute atomic E-state index is 0.0216. The van der Waals surface area contributed by atoms with Crippen LogP contribution in [-0.4, -0.2) is 231 Å². The number of ether oxygens (including phenoxy) is 8. The second-order valence-corrected chi connectivity index (χ2v) is 30.3. The van der Waals surface area contributed by atoms with Crippen LogP contribution in [-0.2, 0) is 63.5 Å². The predicted molar refractivity (Wildman–Crippen MR) is 418 cm³/mol. The first kappa shape index (κ1) is 86.6. The number of hydrogen-bond acceptors (Lipinski definition) is 20. The molecule has 29 nitrogen and oxygen atoms in total. The Bertz CT molecular complexity index is 4160. The summed E-state index contributed by atoms with van der Waals surface area (Å²) in [4.78, 5) is 136. The number of nitrogens with two attached hydrogens (primary N) is 1. The van der Waals surface area contributed by atoms with Crippen LogP contribution in [0, 0.1) is 11.8 Å². The molecule has 6 aromatic rings. The quantitative estimate of drug-likeness (QED) is 0.0118. The van der Waals surface area contributed by atoms with E-state index in [2.05, 4.69) is 37.2 Å². The van der Waals surface area contributed by atoms with Gasteiger partial charge in [-0.3, -0.25) is 28.8 Å². The Morgan fingerprint density at radius 2 is 1.13 bits per heavy atom. The van der Waals surface area contributed by atoms with Gasteiger partial charge >= 0.3 is 25.8 Å². The van der Waals surface area contributed by atoms with E-state index in [0.717, 1.165) is 39.9 Å². The van der Waals surface area contributed by atoms with E-state index in [1.54, 1.807) is 96.4 Å². The molecule has 8 rings (SSSR count). The van der Waals surface area contributed by atoms with Gasteiger partial charge in [-0.2, -0.15) is 0 Å². The second kappa shape index (κ2) is 43.5. The van der Waals surface area contributed by atoms with Crippen molar-refractivity contribution in [3.8, 4) is 11.5 Å². The van der Waals surface area contributed by atoms with Crippen LogP contribution in [0.15, 0.2) is 97.1 Å². The molecule has 3 heterocycles. The molecular weight excluding hydrogens is 1560 g/mol. The number of alkyl halides is 3. The maximum Gasteiger partial charge on any atom is 0.415 e. The molecule has 0 radical (unpaired) electrons. The van der Waals surface area contributed by atoms with Crippen molar-refractivity contribution in [3.63, 3.8) is 0 Å². The number of halogens is 3. The van der Waals surface area contributed by atoms with Crippen molar-refractivity contribution in [2.75, 3.05) is 172 Å². The van der Waals surface area contributed by atoms with Crippen molar-refractivity contribution in [2.24, 2.45) is 17.6 Å². The van der Waals surface area contributed by atoms with Crippen LogP contribution in [0.4, 0.5) is 31.4 Å². The number of nitrogens with one attached hydrogen (secondary N) is 4. The summed E-state index contributed by atoms with van der Waals surface area (Å²) in [5.41, 5.74) is 8.80. The van der Waals surface area contributed by atoms with Gasteiger partial charge in [0.2, 0.25) is 17.7 Å². The van der Waals surface area contributed by atoms with E-state index < -0.39 is 61.4 Å².